The highest BCUT2D eigenvalue weighted by molar-refractivity contribution is 5.49. The fourth-order valence-corrected chi connectivity index (χ4v) is 4.36. The van der Waals surface area contributed by atoms with E-state index >= 15 is 0 Å². The van der Waals surface area contributed by atoms with Gasteiger partial charge in [-0.05, 0) is 57.2 Å². The van der Waals surface area contributed by atoms with E-state index in [4.69, 9.17) is 0 Å². The van der Waals surface area contributed by atoms with Crippen molar-refractivity contribution in [3.05, 3.63) is 47.4 Å². The highest BCUT2D eigenvalue weighted by Crippen LogP contribution is 2.23. The van der Waals surface area contributed by atoms with E-state index in [9.17, 15) is 5.26 Å². The average molecular weight is 478 g/mol. The van der Waals surface area contributed by atoms with E-state index in [-0.39, 0.29) is 16.8 Å². The molecule has 190 valence electrons. The second-order valence-corrected chi connectivity index (χ2v) is 11.8. The van der Waals surface area contributed by atoms with Gasteiger partial charge in [-0.1, -0.05) is 32.9 Å². The number of nitriles is 1. The van der Waals surface area contributed by atoms with Gasteiger partial charge in [-0.3, -0.25) is 4.90 Å². The Balaban J connectivity index is 1.64. The molecule has 1 aromatic carbocycles. The predicted octanol–water partition coefficient (Wildman–Crippen LogP) is 4.45. The number of hydrogen-bond donors (Lipinski definition) is 2. The molecule has 0 spiro atoms. The topological polar surface area (TPSA) is 80.1 Å². The van der Waals surface area contributed by atoms with Crippen LogP contribution in [0, 0.1) is 16.7 Å². The fourth-order valence-electron chi connectivity index (χ4n) is 4.36. The van der Waals surface area contributed by atoms with Crippen molar-refractivity contribution in [1.29, 1.82) is 5.26 Å². The summed E-state index contributed by atoms with van der Waals surface area (Å²) in [6.07, 6.45) is 2.67. The maximum Gasteiger partial charge on any atom is 0.234 e. The van der Waals surface area contributed by atoms with E-state index in [2.05, 4.69) is 103 Å². The number of nitrogens with zero attached hydrogens (tertiary/aromatic N) is 5. The Morgan fingerprint density at radius 3 is 2.43 bits per heavy atom. The van der Waals surface area contributed by atoms with Gasteiger partial charge in [0.25, 0.3) is 0 Å². The molecule has 2 heterocycles. The normalized spacial score (nSPS) is 15.3. The summed E-state index contributed by atoms with van der Waals surface area (Å²) in [6, 6.07) is 11.6. The summed E-state index contributed by atoms with van der Waals surface area (Å²) in [5.74, 6) is 0.924. The first-order chi connectivity index (χ1) is 16.5. The smallest absolute Gasteiger partial charge is 0.234 e. The molecule has 3 rings (SSSR count). The van der Waals surface area contributed by atoms with E-state index < -0.39 is 0 Å². The quantitative estimate of drug-likeness (QED) is 0.552. The summed E-state index contributed by atoms with van der Waals surface area (Å²) in [4.78, 5) is 13.7. The molecule has 0 saturated carbocycles. The Hall–Kier alpha value is -2.69. The lowest BCUT2D eigenvalue weighted by molar-refractivity contribution is 0.209. The second-order valence-electron chi connectivity index (χ2n) is 11.8. The van der Waals surface area contributed by atoms with Crippen molar-refractivity contribution in [2.45, 2.75) is 73.0 Å². The van der Waals surface area contributed by atoms with E-state index in [1.165, 1.54) is 11.3 Å². The summed E-state index contributed by atoms with van der Waals surface area (Å²) < 4.78 is 0. The van der Waals surface area contributed by atoms with E-state index in [1.54, 1.807) is 6.20 Å². The standard InChI is InChI=1S/C28H43N7/c1-21(2)34-11-13-35(14-12-34)24-10-8-9-22(15-24)16-28(6,7)32-19-23-18-30-25(17-29)33-26(23)31-20-27(3,4)5/h8-10,15,18,21,32H,11-14,16,19-20H2,1-7H3,(H,30,31,33). The molecule has 1 fully saturated rings. The molecule has 0 radical (unpaired) electrons. The van der Waals surface area contributed by atoms with Gasteiger partial charge in [-0.2, -0.15) is 5.26 Å². The van der Waals surface area contributed by atoms with Gasteiger partial charge in [-0.15, -0.1) is 0 Å². The van der Waals surface area contributed by atoms with Crippen LogP contribution in [0.2, 0.25) is 0 Å². The third-order valence-corrected chi connectivity index (χ3v) is 6.47. The molecule has 2 N–H and O–H groups in total. The molecule has 1 aliphatic rings. The molecule has 7 nitrogen and oxygen atoms in total. The minimum absolute atomic E-state index is 0.105. The summed E-state index contributed by atoms with van der Waals surface area (Å²) in [7, 11) is 0. The van der Waals surface area contributed by atoms with Crippen molar-refractivity contribution < 1.29 is 0 Å². The average Bonchev–Trinajstić information content (AvgIpc) is 2.81. The minimum Gasteiger partial charge on any atom is -0.369 e. The Kier molecular flexibility index (Phi) is 8.74. The number of anilines is 2. The molecular weight excluding hydrogens is 434 g/mol. The van der Waals surface area contributed by atoms with Crippen molar-refractivity contribution in [1.82, 2.24) is 20.2 Å². The molecule has 2 aromatic rings. The molecule has 0 unspecified atom stereocenters. The van der Waals surface area contributed by atoms with E-state index in [0.29, 0.717) is 12.6 Å². The van der Waals surface area contributed by atoms with E-state index in [1.807, 2.05) is 6.07 Å². The van der Waals surface area contributed by atoms with Crippen LogP contribution in [0.4, 0.5) is 11.5 Å². The molecule has 35 heavy (non-hydrogen) atoms. The molecule has 0 atom stereocenters. The van der Waals surface area contributed by atoms with Gasteiger partial charge < -0.3 is 15.5 Å². The van der Waals surface area contributed by atoms with Crippen molar-refractivity contribution >= 4 is 11.5 Å². The van der Waals surface area contributed by atoms with Gasteiger partial charge in [0.05, 0.1) is 0 Å². The van der Waals surface area contributed by atoms with Gasteiger partial charge in [0.1, 0.15) is 11.9 Å². The monoisotopic (exact) mass is 477 g/mol. The Bertz CT molecular complexity index is 1010. The summed E-state index contributed by atoms with van der Waals surface area (Å²) in [5.41, 5.74) is 3.60. The number of hydrogen-bond acceptors (Lipinski definition) is 7. The first-order valence-corrected chi connectivity index (χ1v) is 12.8. The van der Waals surface area contributed by atoms with Crippen LogP contribution in [0.3, 0.4) is 0 Å². The number of rotatable bonds is 9. The van der Waals surface area contributed by atoms with Crippen LogP contribution in [0.15, 0.2) is 30.5 Å². The number of benzene rings is 1. The Morgan fingerprint density at radius 2 is 1.80 bits per heavy atom. The van der Waals surface area contributed by atoms with Gasteiger partial charge in [0.2, 0.25) is 5.82 Å². The summed E-state index contributed by atoms with van der Waals surface area (Å²) in [5, 5.41) is 16.3. The van der Waals surface area contributed by atoms with Crippen LogP contribution < -0.4 is 15.5 Å². The first-order valence-electron chi connectivity index (χ1n) is 12.8. The molecule has 1 aromatic heterocycles. The van der Waals surface area contributed by atoms with Crippen LogP contribution in [-0.2, 0) is 13.0 Å². The maximum absolute atomic E-state index is 9.23. The molecule has 0 aliphatic carbocycles. The molecule has 7 heteroatoms. The third kappa shape index (κ3) is 8.19. The number of piperazine rings is 1. The minimum atomic E-state index is -0.121. The molecular formula is C28H43N7. The van der Waals surface area contributed by atoms with Crippen LogP contribution in [0.1, 0.15) is 65.4 Å². The second kappa shape index (κ2) is 11.4. The first kappa shape index (κ1) is 26.9. The zero-order valence-corrected chi connectivity index (χ0v) is 22.6. The highest BCUT2D eigenvalue weighted by atomic mass is 15.3. The van der Waals surface area contributed by atoms with E-state index in [0.717, 1.165) is 50.5 Å². The van der Waals surface area contributed by atoms with Gasteiger partial charge in [0.15, 0.2) is 0 Å². The van der Waals surface area contributed by atoms with Crippen LogP contribution in [0.25, 0.3) is 0 Å². The number of aromatic nitrogens is 2. The zero-order valence-electron chi connectivity index (χ0n) is 22.6. The molecule has 0 amide bonds. The molecule has 1 saturated heterocycles. The van der Waals surface area contributed by atoms with Gasteiger partial charge in [-0.25, -0.2) is 9.97 Å². The Morgan fingerprint density at radius 1 is 1.09 bits per heavy atom. The van der Waals surface area contributed by atoms with Crippen LogP contribution in [0.5, 0.6) is 0 Å². The zero-order chi connectivity index (χ0) is 25.6. The molecule has 0 bridgehead atoms. The lowest BCUT2D eigenvalue weighted by atomic mass is 9.94. The van der Waals surface area contributed by atoms with Gasteiger partial charge >= 0.3 is 0 Å². The van der Waals surface area contributed by atoms with Crippen molar-refractivity contribution in [3.63, 3.8) is 0 Å². The summed E-state index contributed by atoms with van der Waals surface area (Å²) in [6.45, 7) is 21.3. The molecule has 1 aliphatic heterocycles. The Labute approximate surface area is 212 Å². The fraction of sp³-hybridized carbons (Fsp3) is 0.607. The van der Waals surface area contributed by atoms with Crippen LogP contribution >= 0.6 is 0 Å². The largest absolute Gasteiger partial charge is 0.369 e. The van der Waals surface area contributed by atoms with Gasteiger partial charge in [0, 0.05) is 68.3 Å². The number of nitrogens with one attached hydrogen (secondary N) is 2. The highest BCUT2D eigenvalue weighted by Gasteiger charge is 2.22. The van der Waals surface area contributed by atoms with Crippen molar-refractivity contribution in [2.24, 2.45) is 5.41 Å². The lowest BCUT2D eigenvalue weighted by Gasteiger charge is -2.38. The predicted molar refractivity (Wildman–Crippen MR) is 145 cm³/mol. The van der Waals surface area contributed by atoms with Crippen molar-refractivity contribution in [3.8, 4) is 6.07 Å². The van der Waals surface area contributed by atoms with Crippen molar-refractivity contribution in [2.75, 3.05) is 42.9 Å². The van der Waals surface area contributed by atoms with Crippen LogP contribution in [-0.4, -0.2) is 59.2 Å². The third-order valence-electron chi connectivity index (χ3n) is 6.47. The maximum atomic E-state index is 9.23. The SMILES string of the molecule is CC(C)N1CCN(c2cccc(CC(C)(C)NCc3cnc(C#N)nc3NCC(C)(C)C)c2)CC1. The lowest BCUT2D eigenvalue weighted by Crippen LogP contribution is -2.48. The summed E-state index contributed by atoms with van der Waals surface area (Å²) >= 11 is 0.